The number of nitrogens with two attached hydrogens (primary N) is 1. The van der Waals surface area contributed by atoms with Crippen LogP contribution in [0.1, 0.15) is 58.1 Å². The van der Waals surface area contributed by atoms with E-state index < -0.39 is 0 Å². The molecule has 0 radical (unpaired) electrons. The van der Waals surface area contributed by atoms with Crippen LogP contribution in [0.3, 0.4) is 0 Å². The van der Waals surface area contributed by atoms with E-state index in [1.54, 1.807) is 0 Å². The normalized spacial score (nSPS) is 14.8. The summed E-state index contributed by atoms with van der Waals surface area (Å²) in [7, 11) is 0. The van der Waals surface area contributed by atoms with Gasteiger partial charge in [0.2, 0.25) is 0 Å². The van der Waals surface area contributed by atoms with Gasteiger partial charge in [-0.2, -0.15) is 0 Å². The van der Waals surface area contributed by atoms with E-state index in [2.05, 4.69) is 45.9 Å². The fourth-order valence-electron chi connectivity index (χ4n) is 2.56. The Hall–Kier alpha value is -1.06. The molecule has 1 rings (SSSR count). The predicted octanol–water partition coefficient (Wildman–Crippen LogP) is 3.44. The Morgan fingerprint density at radius 3 is 2.43 bits per heavy atom. The second-order valence-corrected chi connectivity index (χ2v) is 6.86. The molecule has 0 aliphatic carbocycles. The quantitative estimate of drug-likeness (QED) is 0.809. The van der Waals surface area contributed by atoms with Crippen molar-refractivity contribution in [1.29, 1.82) is 0 Å². The SMILES string of the molecule is CCOc1ccc(C(C)(C)C)cc1C(C)CC(CN)CO. The van der Waals surface area contributed by atoms with Gasteiger partial charge in [-0.05, 0) is 54.3 Å². The third kappa shape index (κ3) is 5.01. The lowest BCUT2D eigenvalue weighted by atomic mass is 9.82. The summed E-state index contributed by atoms with van der Waals surface area (Å²) < 4.78 is 5.78. The van der Waals surface area contributed by atoms with Crippen LogP contribution in [0.5, 0.6) is 5.75 Å². The largest absolute Gasteiger partial charge is 0.494 e. The number of rotatable bonds is 7. The molecule has 1 aromatic rings. The highest BCUT2D eigenvalue weighted by atomic mass is 16.5. The first-order valence-corrected chi connectivity index (χ1v) is 7.91. The van der Waals surface area contributed by atoms with Crippen molar-refractivity contribution in [3.8, 4) is 5.75 Å². The standard InChI is InChI=1S/C18H31NO2/c1-6-21-17-8-7-15(18(3,4)5)10-16(17)13(2)9-14(11-19)12-20/h7-8,10,13-14,20H,6,9,11-12,19H2,1-5H3. The van der Waals surface area contributed by atoms with Gasteiger partial charge in [0.05, 0.1) is 6.61 Å². The maximum absolute atomic E-state index is 9.37. The Morgan fingerprint density at radius 2 is 1.95 bits per heavy atom. The summed E-state index contributed by atoms with van der Waals surface area (Å²) in [5, 5.41) is 9.37. The highest BCUT2D eigenvalue weighted by molar-refractivity contribution is 5.41. The molecule has 0 fully saturated rings. The molecule has 3 N–H and O–H groups in total. The van der Waals surface area contributed by atoms with Gasteiger partial charge in [0, 0.05) is 6.61 Å². The molecular formula is C18H31NO2. The van der Waals surface area contributed by atoms with Gasteiger partial charge in [0.1, 0.15) is 5.75 Å². The van der Waals surface area contributed by atoms with E-state index in [0.29, 0.717) is 19.1 Å². The summed E-state index contributed by atoms with van der Waals surface area (Å²) in [6.07, 6.45) is 0.876. The second-order valence-electron chi connectivity index (χ2n) is 6.86. The Labute approximate surface area is 129 Å². The molecular weight excluding hydrogens is 262 g/mol. The Bertz CT molecular complexity index is 433. The molecule has 0 spiro atoms. The van der Waals surface area contributed by atoms with Crippen molar-refractivity contribution in [1.82, 2.24) is 0 Å². The zero-order chi connectivity index (χ0) is 16.0. The van der Waals surface area contributed by atoms with Crippen LogP contribution >= 0.6 is 0 Å². The van der Waals surface area contributed by atoms with Gasteiger partial charge in [-0.15, -0.1) is 0 Å². The summed E-state index contributed by atoms with van der Waals surface area (Å²) >= 11 is 0. The van der Waals surface area contributed by atoms with Crippen molar-refractivity contribution in [3.63, 3.8) is 0 Å². The number of benzene rings is 1. The van der Waals surface area contributed by atoms with Gasteiger partial charge >= 0.3 is 0 Å². The maximum Gasteiger partial charge on any atom is 0.122 e. The Morgan fingerprint density at radius 1 is 1.29 bits per heavy atom. The smallest absolute Gasteiger partial charge is 0.122 e. The van der Waals surface area contributed by atoms with Crippen molar-refractivity contribution in [2.75, 3.05) is 19.8 Å². The van der Waals surface area contributed by atoms with E-state index in [1.807, 2.05) is 6.92 Å². The minimum Gasteiger partial charge on any atom is -0.494 e. The maximum atomic E-state index is 9.37. The average molecular weight is 293 g/mol. The molecule has 0 saturated heterocycles. The number of aliphatic hydroxyl groups excluding tert-OH is 1. The minimum atomic E-state index is 0.115. The van der Waals surface area contributed by atoms with Gasteiger partial charge in [-0.1, -0.05) is 39.8 Å². The fourth-order valence-corrected chi connectivity index (χ4v) is 2.56. The monoisotopic (exact) mass is 293 g/mol. The summed E-state index contributed by atoms with van der Waals surface area (Å²) in [6, 6.07) is 6.47. The minimum absolute atomic E-state index is 0.115. The van der Waals surface area contributed by atoms with Crippen molar-refractivity contribution in [2.24, 2.45) is 11.7 Å². The molecule has 3 nitrogen and oxygen atoms in total. The number of hydrogen-bond donors (Lipinski definition) is 2. The van der Waals surface area contributed by atoms with E-state index in [0.717, 1.165) is 12.2 Å². The average Bonchev–Trinajstić information content (AvgIpc) is 2.44. The van der Waals surface area contributed by atoms with Crippen LogP contribution in [0, 0.1) is 5.92 Å². The molecule has 2 unspecified atom stereocenters. The van der Waals surface area contributed by atoms with Gasteiger partial charge in [-0.3, -0.25) is 0 Å². The molecule has 120 valence electrons. The fraction of sp³-hybridized carbons (Fsp3) is 0.667. The van der Waals surface area contributed by atoms with Crippen LogP contribution in [0.4, 0.5) is 0 Å². The molecule has 2 atom stereocenters. The summed E-state index contributed by atoms with van der Waals surface area (Å²) in [4.78, 5) is 0. The van der Waals surface area contributed by atoms with Crippen LogP contribution in [0.2, 0.25) is 0 Å². The third-order valence-corrected chi connectivity index (χ3v) is 3.98. The van der Waals surface area contributed by atoms with E-state index in [4.69, 9.17) is 10.5 Å². The van der Waals surface area contributed by atoms with Crippen molar-refractivity contribution < 1.29 is 9.84 Å². The number of hydrogen-bond acceptors (Lipinski definition) is 3. The summed E-state index contributed by atoms with van der Waals surface area (Å²) in [6.45, 7) is 12.2. The molecule has 1 aromatic carbocycles. The third-order valence-electron chi connectivity index (χ3n) is 3.98. The lowest BCUT2D eigenvalue weighted by Crippen LogP contribution is -2.20. The van der Waals surface area contributed by atoms with Crippen LogP contribution in [0.25, 0.3) is 0 Å². The topological polar surface area (TPSA) is 55.5 Å². The number of ether oxygens (including phenoxy) is 1. The van der Waals surface area contributed by atoms with E-state index in [-0.39, 0.29) is 17.9 Å². The lowest BCUT2D eigenvalue weighted by Gasteiger charge is -2.25. The van der Waals surface area contributed by atoms with Crippen LogP contribution < -0.4 is 10.5 Å². The Kier molecular flexibility index (Phi) is 6.69. The molecule has 0 saturated carbocycles. The van der Waals surface area contributed by atoms with E-state index in [9.17, 15) is 5.11 Å². The van der Waals surface area contributed by atoms with Crippen molar-refractivity contribution in [3.05, 3.63) is 29.3 Å². The van der Waals surface area contributed by atoms with Crippen LogP contribution in [-0.4, -0.2) is 24.9 Å². The number of aliphatic hydroxyl groups is 1. The summed E-state index contributed by atoms with van der Waals surface area (Å²) in [5.41, 5.74) is 8.35. The lowest BCUT2D eigenvalue weighted by molar-refractivity contribution is 0.216. The first kappa shape index (κ1) is 18.0. The highest BCUT2D eigenvalue weighted by Crippen LogP contribution is 2.35. The van der Waals surface area contributed by atoms with Crippen LogP contribution in [0.15, 0.2) is 18.2 Å². The predicted molar refractivity (Wildman–Crippen MR) is 89.0 cm³/mol. The van der Waals surface area contributed by atoms with Crippen LogP contribution in [-0.2, 0) is 5.41 Å². The highest BCUT2D eigenvalue weighted by Gasteiger charge is 2.20. The molecule has 3 heteroatoms. The second kappa shape index (κ2) is 7.81. The van der Waals surface area contributed by atoms with Gasteiger partial charge in [0.25, 0.3) is 0 Å². The summed E-state index contributed by atoms with van der Waals surface area (Å²) in [5.74, 6) is 1.41. The molecule has 0 aromatic heterocycles. The molecule has 21 heavy (non-hydrogen) atoms. The molecule has 0 aliphatic rings. The molecule has 0 bridgehead atoms. The van der Waals surface area contributed by atoms with Gasteiger partial charge in [0.15, 0.2) is 0 Å². The van der Waals surface area contributed by atoms with E-state index in [1.165, 1.54) is 11.1 Å². The molecule has 0 aliphatic heterocycles. The zero-order valence-electron chi connectivity index (χ0n) is 14.1. The zero-order valence-corrected chi connectivity index (χ0v) is 14.1. The van der Waals surface area contributed by atoms with E-state index >= 15 is 0 Å². The first-order valence-electron chi connectivity index (χ1n) is 7.91. The van der Waals surface area contributed by atoms with Gasteiger partial charge < -0.3 is 15.6 Å². The molecule has 0 amide bonds. The van der Waals surface area contributed by atoms with Gasteiger partial charge in [-0.25, -0.2) is 0 Å². The molecule has 0 heterocycles. The van der Waals surface area contributed by atoms with Crippen molar-refractivity contribution in [2.45, 2.75) is 52.4 Å². The van der Waals surface area contributed by atoms with Crippen molar-refractivity contribution >= 4 is 0 Å². The Balaban J connectivity index is 3.10. The first-order chi connectivity index (χ1) is 9.83.